The lowest BCUT2D eigenvalue weighted by Gasteiger charge is -2.21. The van der Waals surface area contributed by atoms with Crippen LogP contribution in [0.5, 0.6) is 0 Å². The smallest absolute Gasteiger partial charge is 0.101 e. The van der Waals surface area contributed by atoms with E-state index in [1.807, 2.05) is 0 Å². The van der Waals surface area contributed by atoms with Crippen molar-refractivity contribution in [3.63, 3.8) is 0 Å². The Labute approximate surface area is 128 Å². The summed E-state index contributed by atoms with van der Waals surface area (Å²) in [5.41, 5.74) is 3.19. The normalized spacial score (nSPS) is 24.1. The highest BCUT2D eigenvalue weighted by atomic mass is 15.2. The summed E-state index contributed by atoms with van der Waals surface area (Å²) >= 11 is 0. The first kappa shape index (κ1) is 14.4. The minimum absolute atomic E-state index is 0.839. The molecule has 2 atom stereocenters. The lowest BCUT2D eigenvalue weighted by molar-refractivity contribution is 0.494. The van der Waals surface area contributed by atoms with Crippen molar-refractivity contribution in [3.05, 3.63) is 29.3 Å². The van der Waals surface area contributed by atoms with Gasteiger partial charge in [-0.05, 0) is 55.3 Å². The number of nitrogens with zero attached hydrogens (tertiary/aromatic N) is 2. The SMILES string of the molecule is CCCNCc1ccc(N2CC3CCCC3C2)c(C#N)c1. The molecule has 1 N–H and O–H groups in total. The maximum Gasteiger partial charge on any atom is 0.101 e. The second kappa shape index (κ2) is 6.49. The third-order valence-corrected chi connectivity index (χ3v) is 5.00. The van der Waals surface area contributed by atoms with E-state index in [0.717, 1.165) is 55.7 Å². The average Bonchev–Trinajstić information content (AvgIpc) is 3.08. The van der Waals surface area contributed by atoms with Crippen LogP contribution in [0.3, 0.4) is 0 Å². The Morgan fingerprint density at radius 1 is 1.29 bits per heavy atom. The van der Waals surface area contributed by atoms with Gasteiger partial charge >= 0.3 is 0 Å². The Morgan fingerprint density at radius 2 is 2.05 bits per heavy atom. The summed E-state index contributed by atoms with van der Waals surface area (Å²) < 4.78 is 0. The van der Waals surface area contributed by atoms with Crippen LogP contribution < -0.4 is 10.2 Å². The van der Waals surface area contributed by atoms with Crippen molar-refractivity contribution in [2.75, 3.05) is 24.5 Å². The zero-order valence-electron chi connectivity index (χ0n) is 12.9. The monoisotopic (exact) mass is 283 g/mol. The summed E-state index contributed by atoms with van der Waals surface area (Å²) in [6.45, 7) is 6.34. The summed E-state index contributed by atoms with van der Waals surface area (Å²) in [6.07, 6.45) is 5.29. The van der Waals surface area contributed by atoms with Crippen molar-refractivity contribution in [3.8, 4) is 6.07 Å². The number of benzene rings is 1. The molecule has 3 rings (SSSR count). The van der Waals surface area contributed by atoms with E-state index in [0.29, 0.717) is 0 Å². The molecule has 21 heavy (non-hydrogen) atoms. The van der Waals surface area contributed by atoms with Crippen LogP contribution >= 0.6 is 0 Å². The molecule has 2 aliphatic rings. The van der Waals surface area contributed by atoms with Gasteiger partial charge < -0.3 is 10.2 Å². The highest BCUT2D eigenvalue weighted by Crippen LogP contribution is 2.40. The second-order valence-electron chi connectivity index (χ2n) is 6.50. The molecule has 0 amide bonds. The van der Waals surface area contributed by atoms with Crippen molar-refractivity contribution in [2.24, 2.45) is 11.8 Å². The molecule has 0 spiro atoms. The van der Waals surface area contributed by atoms with E-state index in [4.69, 9.17) is 0 Å². The fraction of sp³-hybridized carbons (Fsp3) is 0.611. The van der Waals surface area contributed by atoms with Crippen LogP contribution in [0, 0.1) is 23.2 Å². The fourth-order valence-electron chi connectivity index (χ4n) is 3.90. The number of hydrogen-bond acceptors (Lipinski definition) is 3. The van der Waals surface area contributed by atoms with E-state index in [9.17, 15) is 5.26 Å². The maximum atomic E-state index is 9.48. The van der Waals surface area contributed by atoms with Crippen molar-refractivity contribution in [2.45, 2.75) is 39.2 Å². The predicted octanol–water partition coefficient (Wildman–Crippen LogP) is 3.29. The van der Waals surface area contributed by atoms with E-state index in [1.54, 1.807) is 0 Å². The summed E-state index contributed by atoms with van der Waals surface area (Å²) in [6, 6.07) is 8.79. The molecule has 3 heteroatoms. The minimum atomic E-state index is 0.839. The van der Waals surface area contributed by atoms with Crippen LogP contribution in [0.2, 0.25) is 0 Å². The molecule has 1 saturated heterocycles. The molecule has 0 aromatic heterocycles. The first-order valence-corrected chi connectivity index (χ1v) is 8.30. The molecular formula is C18H25N3. The van der Waals surface area contributed by atoms with Crippen LogP contribution in [0.1, 0.15) is 43.7 Å². The van der Waals surface area contributed by atoms with Gasteiger partial charge in [-0.3, -0.25) is 0 Å². The van der Waals surface area contributed by atoms with Gasteiger partial charge in [0.1, 0.15) is 6.07 Å². The van der Waals surface area contributed by atoms with Crippen LogP contribution in [-0.4, -0.2) is 19.6 Å². The van der Waals surface area contributed by atoms with Crippen molar-refractivity contribution in [1.82, 2.24) is 5.32 Å². The van der Waals surface area contributed by atoms with Gasteiger partial charge in [0.15, 0.2) is 0 Å². The van der Waals surface area contributed by atoms with Crippen LogP contribution in [-0.2, 0) is 6.54 Å². The topological polar surface area (TPSA) is 39.1 Å². The molecule has 0 bridgehead atoms. The van der Waals surface area contributed by atoms with Gasteiger partial charge in [0, 0.05) is 19.6 Å². The van der Waals surface area contributed by atoms with Gasteiger partial charge in [0.05, 0.1) is 11.3 Å². The molecule has 0 radical (unpaired) electrons. The second-order valence-corrected chi connectivity index (χ2v) is 6.50. The third kappa shape index (κ3) is 3.06. The molecule has 3 nitrogen and oxygen atoms in total. The van der Waals surface area contributed by atoms with Crippen LogP contribution in [0.15, 0.2) is 18.2 Å². The lowest BCUT2D eigenvalue weighted by Crippen LogP contribution is -2.22. The van der Waals surface area contributed by atoms with Gasteiger partial charge in [-0.1, -0.05) is 19.4 Å². The number of hydrogen-bond donors (Lipinski definition) is 1. The number of fused-ring (bicyclic) bond motifs is 1. The number of anilines is 1. The van der Waals surface area contributed by atoms with E-state index in [1.165, 1.54) is 24.8 Å². The highest BCUT2D eigenvalue weighted by Gasteiger charge is 2.36. The summed E-state index contributed by atoms with van der Waals surface area (Å²) in [4.78, 5) is 2.44. The molecular weight excluding hydrogens is 258 g/mol. The van der Waals surface area contributed by atoms with E-state index < -0.39 is 0 Å². The van der Waals surface area contributed by atoms with Gasteiger partial charge in [-0.2, -0.15) is 5.26 Å². The standard InChI is InChI=1S/C18H25N3/c1-2-8-20-11-14-6-7-18(17(9-14)10-19)21-12-15-4-3-5-16(15)13-21/h6-7,9,15-16,20H,2-5,8,11-13H2,1H3. The lowest BCUT2D eigenvalue weighted by atomic mass is 10.0. The van der Waals surface area contributed by atoms with E-state index in [2.05, 4.69) is 41.4 Å². The van der Waals surface area contributed by atoms with Gasteiger partial charge in [0.2, 0.25) is 0 Å². The Morgan fingerprint density at radius 3 is 2.71 bits per heavy atom. The molecule has 1 aromatic carbocycles. The van der Waals surface area contributed by atoms with E-state index >= 15 is 0 Å². The zero-order valence-corrected chi connectivity index (χ0v) is 12.9. The van der Waals surface area contributed by atoms with Gasteiger partial charge in [-0.15, -0.1) is 0 Å². The van der Waals surface area contributed by atoms with Gasteiger partial charge in [-0.25, -0.2) is 0 Å². The Balaban J connectivity index is 1.72. The molecule has 1 heterocycles. The highest BCUT2D eigenvalue weighted by molar-refractivity contribution is 5.61. The molecule has 2 fully saturated rings. The first-order valence-electron chi connectivity index (χ1n) is 8.30. The first-order chi connectivity index (χ1) is 10.3. The molecule has 1 aliphatic carbocycles. The number of rotatable bonds is 5. The van der Waals surface area contributed by atoms with Crippen molar-refractivity contribution < 1.29 is 0 Å². The zero-order chi connectivity index (χ0) is 14.7. The third-order valence-electron chi connectivity index (χ3n) is 5.00. The molecule has 112 valence electrons. The van der Waals surface area contributed by atoms with Gasteiger partial charge in [0.25, 0.3) is 0 Å². The van der Waals surface area contributed by atoms with Crippen LogP contribution in [0.4, 0.5) is 5.69 Å². The summed E-state index contributed by atoms with van der Waals surface area (Å²) in [5, 5.41) is 12.9. The summed E-state index contributed by atoms with van der Waals surface area (Å²) in [5.74, 6) is 1.73. The number of nitrogens with one attached hydrogen (secondary N) is 1. The van der Waals surface area contributed by atoms with E-state index in [-0.39, 0.29) is 0 Å². The quantitative estimate of drug-likeness (QED) is 0.843. The average molecular weight is 283 g/mol. The Bertz CT molecular complexity index is 520. The molecule has 2 unspecified atom stereocenters. The Hall–Kier alpha value is -1.53. The minimum Gasteiger partial charge on any atom is -0.370 e. The maximum absolute atomic E-state index is 9.48. The molecule has 1 aliphatic heterocycles. The number of nitriles is 1. The fourth-order valence-corrected chi connectivity index (χ4v) is 3.90. The predicted molar refractivity (Wildman–Crippen MR) is 86.2 cm³/mol. The van der Waals surface area contributed by atoms with Crippen LogP contribution in [0.25, 0.3) is 0 Å². The molecule has 1 saturated carbocycles. The Kier molecular flexibility index (Phi) is 4.45. The molecule has 1 aromatic rings. The summed E-state index contributed by atoms with van der Waals surface area (Å²) in [7, 11) is 0. The largest absolute Gasteiger partial charge is 0.370 e. The van der Waals surface area contributed by atoms with Crippen molar-refractivity contribution in [1.29, 1.82) is 5.26 Å². The van der Waals surface area contributed by atoms with Crippen molar-refractivity contribution >= 4 is 5.69 Å².